The number of amides is 1. The summed E-state index contributed by atoms with van der Waals surface area (Å²) in [6, 6.07) is 0. The summed E-state index contributed by atoms with van der Waals surface area (Å²) in [6.07, 6.45) is 2.78. The molecule has 0 atom stereocenters. The molecule has 0 radical (unpaired) electrons. The molecule has 0 spiro atoms. The number of hydrogen-bond acceptors (Lipinski definition) is 4. The highest BCUT2D eigenvalue weighted by Crippen LogP contribution is 1.90. The van der Waals surface area contributed by atoms with E-state index in [-0.39, 0.29) is 12.5 Å². The summed E-state index contributed by atoms with van der Waals surface area (Å²) < 4.78 is 4.34. The first-order chi connectivity index (χ1) is 6.66. The van der Waals surface area contributed by atoms with Gasteiger partial charge in [-0.25, -0.2) is 0 Å². The van der Waals surface area contributed by atoms with E-state index in [2.05, 4.69) is 15.4 Å². The van der Waals surface area contributed by atoms with Gasteiger partial charge in [-0.2, -0.15) is 0 Å². The molecule has 1 rings (SSSR count). The lowest BCUT2D eigenvalue weighted by atomic mass is 10.4. The van der Waals surface area contributed by atoms with Gasteiger partial charge in [-0.1, -0.05) is 0 Å². The molecule has 1 saturated heterocycles. The zero-order chi connectivity index (χ0) is 10.8. The van der Waals surface area contributed by atoms with Crippen molar-refractivity contribution in [2.45, 2.75) is 19.8 Å². The van der Waals surface area contributed by atoms with Crippen molar-refractivity contribution in [3.05, 3.63) is 0 Å². The molecule has 0 aliphatic carbocycles. The second-order valence-electron chi connectivity index (χ2n) is 2.91. The predicted octanol–water partition coefficient (Wildman–Crippen LogP) is -0.335. The maximum absolute atomic E-state index is 10.3. The zero-order valence-electron chi connectivity index (χ0n) is 8.76. The Hall–Kier alpha value is -1.10. The Morgan fingerprint density at radius 3 is 2.21 bits per heavy atom. The van der Waals surface area contributed by atoms with Gasteiger partial charge in [-0.3, -0.25) is 9.59 Å². The zero-order valence-corrected chi connectivity index (χ0v) is 8.76. The Morgan fingerprint density at radius 2 is 1.93 bits per heavy atom. The molecule has 5 nitrogen and oxygen atoms in total. The molecule has 1 aliphatic heterocycles. The number of rotatable bonds is 2. The normalized spacial score (nSPS) is 13.9. The first-order valence-corrected chi connectivity index (χ1v) is 4.71. The summed E-state index contributed by atoms with van der Waals surface area (Å²) in [6.45, 7) is 3.56. The quantitative estimate of drug-likeness (QED) is 0.601. The van der Waals surface area contributed by atoms with Gasteiger partial charge in [0.25, 0.3) is 5.91 Å². The molecule has 2 N–H and O–H groups in total. The van der Waals surface area contributed by atoms with Crippen molar-refractivity contribution in [1.82, 2.24) is 10.6 Å². The van der Waals surface area contributed by atoms with Crippen LogP contribution >= 0.6 is 0 Å². The van der Waals surface area contributed by atoms with Gasteiger partial charge < -0.3 is 15.4 Å². The first-order valence-electron chi connectivity index (χ1n) is 4.71. The second-order valence-corrected chi connectivity index (χ2v) is 2.91. The molecule has 14 heavy (non-hydrogen) atoms. The van der Waals surface area contributed by atoms with Crippen molar-refractivity contribution < 1.29 is 14.3 Å². The van der Waals surface area contributed by atoms with Gasteiger partial charge in [0.05, 0.1) is 0 Å². The lowest BCUT2D eigenvalue weighted by Gasteiger charge is -1.97. The lowest BCUT2D eigenvalue weighted by Crippen LogP contribution is -2.24. The third kappa shape index (κ3) is 8.99. The van der Waals surface area contributed by atoms with E-state index >= 15 is 0 Å². The first kappa shape index (κ1) is 12.9. The fourth-order valence-electron chi connectivity index (χ4n) is 0.864. The van der Waals surface area contributed by atoms with Gasteiger partial charge >= 0.3 is 5.97 Å². The molecule has 0 aromatic heterocycles. The van der Waals surface area contributed by atoms with Crippen molar-refractivity contribution >= 4 is 11.9 Å². The molecule has 0 aromatic rings. The van der Waals surface area contributed by atoms with Crippen molar-refractivity contribution in [2.75, 3.05) is 26.7 Å². The van der Waals surface area contributed by atoms with Crippen molar-refractivity contribution in [3.63, 3.8) is 0 Å². The summed E-state index contributed by atoms with van der Waals surface area (Å²) in [5, 5.41) is 5.53. The maximum atomic E-state index is 10.3. The maximum Gasteiger partial charge on any atom is 0.303 e. The number of carbonyl (C=O) groups excluding carboxylic acids is 2. The molecule has 1 heterocycles. The Labute approximate surface area is 84.2 Å². The van der Waals surface area contributed by atoms with Gasteiger partial charge in [-0.05, 0) is 25.9 Å². The van der Waals surface area contributed by atoms with Crippen LogP contribution in [0.25, 0.3) is 0 Å². The Balaban J connectivity index is 0.000000280. The van der Waals surface area contributed by atoms with E-state index < -0.39 is 5.97 Å². The topological polar surface area (TPSA) is 67.4 Å². The smallest absolute Gasteiger partial charge is 0.303 e. The van der Waals surface area contributed by atoms with Crippen LogP contribution in [-0.2, 0) is 14.3 Å². The molecular weight excluding hydrogens is 184 g/mol. The number of likely N-dealkylation sites (N-methyl/N-ethyl adjacent to an activating group) is 1. The predicted molar refractivity (Wildman–Crippen MR) is 52.8 cm³/mol. The van der Waals surface area contributed by atoms with Crippen LogP contribution in [0.2, 0.25) is 0 Å². The van der Waals surface area contributed by atoms with E-state index in [1.54, 1.807) is 0 Å². The van der Waals surface area contributed by atoms with E-state index in [1.807, 2.05) is 0 Å². The second kappa shape index (κ2) is 8.50. The minimum absolute atomic E-state index is 0.189. The van der Waals surface area contributed by atoms with E-state index in [0.717, 1.165) is 0 Å². The van der Waals surface area contributed by atoms with Crippen molar-refractivity contribution in [3.8, 4) is 0 Å². The third-order valence-corrected chi connectivity index (χ3v) is 1.64. The van der Waals surface area contributed by atoms with Gasteiger partial charge in [-0.15, -0.1) is 0 Å². The summed E-state index contributed by atoms with van der Waals surface area (Å²) in [4.78, 5) is 20.4. The molecular formula is C9H18N2O3. The van der Waals surface area contributed by atoms with Gasteiger partial charge in [0.2, 0.25) is 0 Å². The summed E-state index contributed by atoms with van der Waals surface area (Å²) >= 11 is 0. The number of ether oxygens (including phenoxy) is 1. The minimum Gasteiger partial charge on any atom is -0.456 e. The highest BCUT2D eigenvalue weighted by molar-refractivity contribution is 5.79. The number of esters is 1. The molecule has 1 amide bonds. The van der Waals surface area contributed by atoms with Crippen LogP contribution in [0.1, 0.15) is 19.8 Å². The number of hydrogen-bond donors (Lipinski definition) is 2. The summed E-state index contributed by atoms with van der Waals surface area (Å²) in [5.74, 6) is -0.746. The lowest BCUT2D eigenvalue weighted by molar-refractivity contribution is -0.146. The molecule has 0 unspecified atom stereocenters. The third-order valence-electron chi connectivity index (χ3n) is 1.64. The SMILES string of the molecule is C1CCNC1.CNC(=O)COC(C)=O. The van der Waals surface area contributed by atoms with Gasteiger partial charge in [0.1, 0.15) is 0 Å². The minimum atomic E-state index is -0.446. The van der Waals surface area contributed by atoms with E-state index in [4.69, 9.17) is 0 Å². The van der Waals surface area contributed by atoms with Gasteiger partial charge in [0, 0.05) is 14.0 Å². The molecule has 82 valence electrons. The molecule has 1 aliphatic rings. The van der Waals surface area contributed by atoms with E-state index in [9.17, 15) is 9.59 Å². The summed E-state index contributed by atoms with van der Waals surface area (Å²) in [5.41, 5.74) is 0. The number of carbonyl (C=O) groups is 2. The summed E-state index contributed by atoms with van der Waals surface area (Å²) in [7, 11) is 1.48. The van der Waals surface area contributed by atoms with Crippen LogP contribution < -0.4 is 10.6 Å². The highest BCUT2D eigenvalue weighted by Gasteiger charge is 1.98. The molecule has 0 bridgehead atoms. The Morgan fingerprint density at radius 1 is 1.36 bits per heavy atom. The van der Waals surface area contributed by atoms with Crippen molar-refractivity contribution in [1.29, 1.82) is 0 Å². The van der Waals surface area contributed by atoms with Crippen LogP contribution in [0.3, 0.4) is 0 Å². The average Bonchev–Trinajstić information content (AvgIpc) is 2.71. The largest absolute Gasteiger partial charge is 0.456 e. The van der Waals surface area contributed by atoms with Crippen LogP contribution in [-0.4, -0.2) is 38.6 Å². The molecule has 0 saturated carbocycles. The molecule has 5 heteroatoms. The monoisotopic (exact) mass is 202 g/mol. The van der Waals surface area contributed by atoms with Crippen LogP contribution in [0, 0.1) is 0 Å². The fraction of sp³-hybridized carbons (Fsp3) is 0.778. The van der Waals surface area contributed by atoms with Crippen molar-refractivity contribution in [2.24, 2.45) is 0 Å². The molecule has 1 fully saturated rings. The molecule has 0 aromatic carbocycles. The Bertz CT molecular complexity index is 171. The highest BCUT2D eigenvalue weighted by atomic mass is 16.5. The number of nitrogens with one attached hydrogen (secondary N) is 2. The Kier molecular flexibility index (Phi) is 7.83. The van der Waals surface area contributed by atoms with E-state index in [1.165, 1.54) is 39.9 Å². The van der Waals surface area contributed by atoms with Crippen LogP contribution in [0.15, 0.2) is 0 Å². The average molecular weight is 202 g/mol. The van der Waals surface area contributed by atoms with E-state index in [0.29, 0.717) is 0 Å². The standard InChI is InChI=1S/C5H9NO3.C4H9N/c1-4(7)9-3-5(8)6-2;1-2-4-5-3-1/h3H2,1-2H3,(H,6,8);5H,1-4H2. The fourth-order valence-corrected chi connectivity index (χ4v) is 0.864. The van der Waals surface area contributed by atoms with Gasteiger partial charge in [0.15, 0.2) is 6.61 Å². The van der Waals surface area contributed by atoms with Crippen LogP contribution in [0.4, 0.5) is 0 Å². The van der Waals surface area contributed by atoms with Crippen LogP contribution in [0.5, 0.6) is 0 Å².